The van der Waals surface area contributed by atoms with Crippen molar-refractivity contribution in [1.29, 1.82) is 0 Å². The van der Waals surface area contributed by atoms with Crippen molar-refractivity contribution < 1.29 is 23.5 Å². The van der Waals surface area contributed by atoms with Crippen molar-refractivity contribution in [1.82, 2.24) is 9.80 Å². The Morgan fingerprint density at radius 2 is 1.70 bits per heavy atom. The zero-order chi connectivity index (χ0) is 24.2. The largest absolute Gasteiger partial charge is 0.444 e. The van der Waals surface area contributed by atoms with Gasteiger partial charge in [-0.15, -0.1) is 0 Å². The normalized spacial score (nSPS) is 16.3. The van der Waals surface area contributed by atoms with E-state index in [4.69, 9.17) is 4.74 Å². The summed E-state index contributed by atoms with van der Waals surface area (Å²) in [5, 5.41) is 0. The molecule has 0 bridgehead atoms. The summed E-state index contributed by atoms with van der Waals surface area (Å²) < 4.78 is 18.7. The number of benzene rings is 2. The molecule has 0 aromatic heterocycles. The van der Waals surface area contributed by atoms with Gasteiger partial charge in [-0.25, -0.2) is 9.18 Å². The summed E-state index contributed by atoms with van der Waals surface area (Å²) in [6.07, 6.45) is 1.32. The number of likely N-dealkylation sites (tertiary alicyclic amines) is 1. The fourth-order valence-corrected chi connectivity index (χ4v) is 3.99. The van der Waals surface area contributed by atoms with Gasteiger partial charge in [-0.2, -0.15) is 0 Å². The van der Waals surface area contributed by atoms with Crippen molar-refractivity contribution in [3.63, 3.8) is 0 Å². The van der Waals surface area contributed by atoms with Gasteiger partial charge in [0.25, 0.3) is 5.91 Å². The quantitative estimate of drug-likeness (QED) is 0.610. The number of ketones is 1. The maximum Gasteiger partial charge on any atom is 0.410 e. The number of amides is 2. The average Bonchev–Trinajstić information content (AvgIpc) is 2.77. The van der Waals surface area contributed by atoms with Gasteiger partial charge in [0.1, 0.15) is 11.4 Å². The Morgan fingerprint density at radius 1 is 1.06 bits per heavy atom. The minimum atomic E-state index is -0.569. The lowest BCUT2D eigenvalue weighted by Gasteiger charge is -2.35. The SMILES string of the molecule is CN(CC1CCCN(C(=O)c2ccccc2C(=O)c2ccc(F)cc2)C1)C(=O)OC(C)(C)C. The number of piperidine rings is 1. The van der Waals surface area contributed by atoms with Crippen LogP contribution in [-0.4, -0.2) is 59.9 Å². The van der Waals surface area contributed by atoms with Crippen LogP contribution in [-0.2, 0) is 4.74 Å². The van der Waals surface area contributed by atoms with Crippen molar-refractivity contribution in [2.24, 2.45) is 5.92 Å². The van der Waals surface area contributed by atoms with Gasteiger partial charge in [0.05, 0.1) is 5.56 Å². The first-order chi connectivity index (χ1) is 15.5. The molecule has 1 aliphatic heterocycles. The molecule has 0 aliphatic carbocycles. The lowest BCUT2D eigenvalue weighted by Crippen LogP contribution is -2.45. The van der Waals surface area contributed by atoms with Crippen LogP contribution in [0.15, 0.2) is 48.5 Å². The van der Waals surface area contributed by atoms with Gasteiger partial charge in [-0.05, 0) is 69.9 Å². The Morgan fingerprint density at radius 3 is 2.33 bits per heavy atom. The van der Waals surface area contributed by atoms with E-state index in [0.717, 1.165) is 12.8 Å². The molecule has 2 aromatic carbocycles. The molecule has 1 atom stereocenters. The third-order valence-electron chi connectivity index (χ3n) is 5.55. The Hall–Kier alpha value is -3.22. The Kier molecular flexibility index (Phi) is 7.51. The summed E-state index contributed by atoms with van der Waals surface area (Å²) >= 11 is 0. The molecule has 1 unspecified atom stereocenters. The summed E-state index contributed by atoms with van der Waals surface area (Å²) in [6.45, 7) is 7.03. The second-order valence-electron chi connectivity index (χ2n) is 9.50. The van der Waals surface area contributed by atoms with Gasteiger partial charge < -0.3 is 14.5 Å². The highest BCUT2D eigenvalue weighted by Gasteiger charge is 2.29. The Bertz CT molecular complexity index is 1010. The number of rotatable bonds is 5. The molecular weight excluding hydrogens is 423 g/mol. The van der Waals surface area contributed by atoms with E-state index in [2.05, 4.69) is 0 Å². The molecule has 1 fully saturated rings. The van der Waals surface area contributed by atoms with E-state index in [1.165, 1.54) is 24.3 Å². The summed E-state index contributed by atoms with van der Waals surface area (Å²) in [7, 11) is 1.70. The van der Waals surface area contributed by atoms with Gasteiger partial charge >= 0.3 is 6.09 Å². The van der Waals surface area contributed by atoms with Crippen LogP contribution in [0.2, 0.25) is 0 Å². The third-order valence-corrected chi connectivity index (χ3v) is 5.55. The van der Waals surface area contributed by atoms with E-state index >= 15 is 0 Å². The second kappa shape index (κ2) is 10.1. The van der Waals surface area contributed by atoms with Crippen LogP contribution in [0.5, 0.6) is 0 Å². The molecule has 3 rings (SSSR count). The van der Waals surface area contributed by atoms with Crippen molar-refractivity contribution in [2.75, 3.05) is 26.7 Å². The molecule has 7 heteroatoms. The highest BCUT2D eigenvalue weighted by Crippen LogP contribution is 2.23. The highest BCUT2D eigenvalue weighted by molar-refractivity contribution is 6.15. The number of hydrogen-bond donors (Lipinski definition) is 0. The minimum Gasteiger partial charge on any atom is -0.444 e. The van der Waals surface area contributed by atoms with E-state index in [0.29, 0.717) is 36.3 Å². The van der Waals surface area contributed by atoms with E-state index in [9.17, 15) is 18.8 Å². The third kappa shape index (κ3) is 6.40. The summed E-state index contributed by atoms with van der Waals surface area (Å²) in [5.74, 6) is -0.852. The Balaban J connectivity index is 1.72. The molecule has 1 aliphatic rings. The second-order valence-corrected chi connectivity index (χ2v) is 9.50. The maximum absolute atomic E-state index is 13.4. The van der Waals surface area contributed by atoms with Crippen LogP contribution in [0, 0.1) is 11.7 Å². The zero-order valence-corrected chi connectivity index (χ0v) is 19.6. The first kappa shape index (κ1) is 24.4. The van der Waals surface area contributed by atoms with Crippen molar-refractivity contribution in [2.45, 2.75) is 39.2 Å². The van der Waals surface area contributed by atoms with Crippen molar-refractivity contribution in [3.05, 3.63) is 71.0 Å². The predicted molar refractivity (Wildman–Crippen MR) is 124 cm³/mol. The van der Waals surface area contributed by atoms with Gasteiger partial charge in [0, 0.05) is 37.8 Å². The first-order valence-corrected chi connectivity index (χ1v) is 11.2. The molecule has 0 saturated carbocycles. The van der Waals surface area contributed by atoms with Crippen LogP contribution in [0.3, 0.4) is 0 Å². The topological polar surface area (TPSA) is 66.9 Å². The smallest absolute Gasteiger partial charge is 0.410 e. The van der Waals surface area contributed by atoms with Gasteiger partial charge in [-0.1, -0.05) is 18.2 Å². The highest BCUT2D eigenvalue weighted by atomic mass is 19.1. The van der Waals surface area contributed by atoms with E-state index in [1.54, 1.807) is 41.1 Å². The van der Waals surface area contributed by atoms with Crippen LogP contribution in [0.1, 0.15) is 59.9 Å². The number of ether oxygens (including phenoxy) is 1. The van der Waals surface area contributed by atoms with Crippen molar-refractivity contribution in [3.8, 4) is 0 Å². The number of carbonyl (C=O) groups is 3. The molecular formula is C26H31FN2O4. The number of halogens is 1. The van der Waals surface area contributed by atoms with Crippen molar-refractivity contribution >= 4 is 17.8 Å². The van der Waals surface area contributed by atoms with E-state index < -0.39 is 11.4 Å². The van der Waals surface area contributed by atoms with Crippen LogP contribution in [0.25, 0.3) is 0 Å². The molecule has 33 heavy (non-hydrogen) atoms. The fourth-order valence-electron chi connectivity index (χ4n) is 3.99. The zero-order valence-electron chi connectivity index (χ0n) is 19.6. The van der Waals surface area contributed by atoms with Gasteiger partial charge in [-0.3, -0.25) is 9.59 Å². The van der Waals surface area contributed by atoms with Crippen LogP contribution < -0.4 is 0 Å². The van der Waals surface area contributed by atoms with E-state index in [-0.39, 0.29) is 23.7 Å². The number of carbonyl (C=O) groups excluding carboxylic acids is 3. The molecule has 1 heterocycles. The molecule has 6 nitrogen and oxygen atoms in total. The van der Waals surface area contributed by atoms with Gasteiger partial charge in [0.2, 0.25) is 0 Å². The molecule has 0 spiro atoms. The molecule has 2 amide bonds. The summed E-state index contributed by atoms with van der Waals surface area (Å²) in [5.41, 5.74) is 0.378. The minimum absolute atomic E-state index is 0.111. The average molecular weight is 455 g/mol. The van der Waals surface area contributed by atoms with Crippen LogP contribution >= 0.6 is 0 Å². The summed E-state index contributed by atoms with van der Waals surface area (Å²) in [4.78, 5) is 42.0. The molecule has 1 saturated heterocycles. The molecule has 0 radical (unpaired) electrons. The number of hydrogen-bond acceptors (Lipinski definition) is 4. The van der Waals surface area contributed by atoms with Gasteiger partial charge in [0.15, 0.2) is 5.78 Å². The monoisotopic (exact) mass is 454 g/mol. The number of nitrogens with zero attached hydrogens (tertiary/aromatic N) is 2. The molecule has 0 N–H and O–H groups in total. The molecule has 2 aromatic rings. The predicted octanol–water partition coefficient (Wildman–Crippen LogP) is 4.78. The maximum atomic E-state index is 13.4. The van der Waals surface area contributed by atoms with Crippen LogP contribution in [0.4, 0.5) is 9.18 Å². The molecule has 176 valence electrons. The van der Waals surface area contributed by atoms with E-state index in [1.807, 2.05) is 20.8 Å². The fraction of sp³-hybridized carbons (Fsp3) is 0.423. The lowest BCUT2D eigenvalue weighted by molar-refractivity contribution is 0.0244. The summed E-state index contributed by atoms with van der Waals surface area (Å²) in [6, 6.07) is 12.0. The Labute approximate surface area is 194 Å². The standard InChI is InChI=1S/C26H31FN2O4/c1-26(2,3)33-25(32)28(4)16-18-8-7-15-29(17-18)24(31)22-10-6-5-9-21(22)23(30)19-11-13-20(27)14-12-19/h5-6,9-14,18H,7-8,15-17H2,1-4H3. The first-order valence-electron chi connectivity index (χ1n) is 11.2. The lowest BCUT2D eigenvalue weighted by atomic mass is 9.94.